The number of aromatic carboxylic acids is 1. The number of carboxylic acid groups (broad SMARTS) is 1. The van der Waals surface area contributed by atoms with Gasteiger partial charge < -0.3 is 9.67 Å². The molecule has 0 aliphatic carbocycles. The van der Waals surface area contributed by atoms with Crippen molar-refractivity contribution in [1.29, 1.82) is 0 Å². The number of aromatic nitrogens is 2. The second-order valence-corrected chi connectivity index (χ2v) is 2.85. The van der Waals surface area contributed by atoms with Crippen molar-refractivity contribution in [1.82, 2.24) is 9.55 Å². The molecule has 2 rings (SSSR count). The largest absolute Gasteiger partial charge is 0.478 e. The van der Waals surface area contributed by atoms with Gasteiger partial charge in [0.15, 0.2) is 0 Å². The van der Waals surface area contributed by atoms with Crippen LogP contribution in [0, 0.1) is 0 Å². The number of pyridine rings is 1. The number of aryl methyl sites for hydroxylation is 1. The van der Waals surface area contributed by atoms with Crippen LogP contribution in [-0.4, -0.2) is 20.6 Å². The van der Waals surface area contributed by atoms with E-state index in [2.05, 4.69) is 4.98 Å². The molecule has 0 fully saturated rings. The highest BCUT2D eigenvalue weighted by Crippen LogP contribution is 2.17. The second-order valence-electron chi connectivity index (χ2n) is 2.85. The lowest BCUT2D eigenvalue weighted by molar-refractivity contribution is 0.0698. The van der Waals surface area contributed by atoms with Crippen molar-refractivity contribution < 1.29 is 9.90 Å². The summed E-state index contributed by atoms with van der Waals surface area (Å²) in [4.78, 5) is 14.6. The average Bonchev–Trinajstić information content (AvgIpc) is 2.48. The molecule has 2 aromatic rings. The first kappa shape index (κ1) is 7.79. The number of carboxylic acids is 1. The zero-order chi connectivity index (χ0) is 9.42. The summed E-state index contributed by atoms with van der Waals surface area (Å²) in [6.45, 7) is 0. The van der Waals surface area contributed by atoms with E-state index in [0.29, 0.717) is 0 Å². The minimum absolute atomic E-state index is 0.248. The lowest BCUT2D eigenvalue weighted by Gasteiger charge is -1.97. The maximum absolute atomic E-state index is 10.8. The zero-order valence-electron chi connectivity index (χ0n) is 7.06. The Bertz CT molecular complexity index is 473. The second kappa shape index (κ2) is 2.58. The van der Waals surface area contributed by atoms with E-state index in [9.17, 15) is 4.79 Å². The van der Waals surface area contributed by atoms with Crippen molar-refractivity contribution in [3.05, 3.63) is 30.2 Å². The molecular weight excluding hydrogens is 168 g/mol. The Labute approximate surface area is 74.4 Å². The van der Waals surface area contributed by atoms with E-state index in [1.165, 1.54) is 6.20 Å². The summed E-state index contributed by atoms with van der Waals surface area (Å²) in [7, 11) is 1.86. The molecule has 0 aliphatic heterocycles. The van der Waals surface area contributed by atoms with Gasteiger partial charge in [-0.2, -0.15) is 0 Å². The minimum Gasteiger partial charge on any atom is -0.478 e. The summed E-state index contributed by atoms with van der Waals surface area (Å²) in [5, 5.41) is 9.57. The highest BCUT2D eigenvalue weighted by Gasteiger charge is 2.09. The molecule has 0 amide bonds. The Hall–Kier alpha value is -1.84. The van der Waals surface area contributed by atoms with Gasteiger partial charge in [0, 0.05) is 24.8 Å². The van der Waals surface area contributed by atoms with E-state index in [1.807, 2.05) is 17.8 Å². The van der Waals surface area contributed by atoms with Gasteiger partial charge in [-0.1, -0.05) is 0 Å². The summed E-state index contributed by atoms with van der Waals surface area (Å²) in [5.74, 6) is -0.940. The van der Waals surface area contributed by atoms with Crippen LogP contribution in [0.25, 0.3) is 10.9 Å². The highest BCUT2D eigenvalue weighted by atomic mass is 16.4. The van der Waals surface area contributed by atoms with Crippen LogP contribution in [-0.2, 0) is 7.05 Å². The van der Waals surface area contributed by atoms with Gasteiger partial charge in [-0.05, 0) is 6.07 Å². The van der Waals surface area contributed by atoms with Gasteiger partial charge in [-0.25, -0.2) is 4.79 Å². The van der Waals surface area contributed by atoms with Crippen molar-refractivity contribution in [2.24, 2.45) is 7.05 Å². The molecule has 4 nitrogen and oxygen atoms in total. The van der Waals surface area contributed by atoms with Crippen LogP contribution in [0.4, 0.5) is 0 Å². The van der Waals surface area contributed by atoms with E-state index in [-0.39, 0.29) is 5.56 Å². The molecule has 0 aliphatic rings. The van der Waals surface area contributed by atoms with Crippen LogP contribution in [0.1, 0.15) is 10.4 Å². The Morgan fingerprint density at radius 1 is 1.54 bits per heavy atom. The lowest BCUT2D eigenvalue weighted by atomic mass is 10.2. The number of hydrogen-bond acceptors (Lipinski definition) is 2. The Morgan fingerprint density at radius 2 is 2.31 bits per heavy atom. The first-order valence-corrected chi connectivity index (χ1v) is 3.82. The Balaban J connectivity index is 2.84. The molecule has 0 radical (unpaired) electrons. The van der Waals surface area contributed by atoms with Crippen LogP contribution in [0.15, 0.2) is 24.7 Å². The summed E-state index contributed by atoms with van der Waals surface area (Å²) in [6.07, 6.45) is 4.84. The van der Waals surface area contributed by atoms with Crippen LogP contribution < -0.4 is 0 Å². The molecule has 0 saturated heterocycles. The Morgan fingerprint density at radius 3 is 3.00 bits per heavy atom. The number of carbonyl (C=O) groups is 1. The monoisotopic (exact) mass is 176 g/mol. The van der Waals surface area contributed by atoms with Crippen LogP contribution in [0.5, 0.6) is 0 Å². The molecule has 2 heterocycles. The topological polar surface area (TPSA) is 55.1 Å². The maximum Gasteiger partial charge on any atom is 0.337 e. The SMILES string of the molecule is Cn1ccc2c(C(=O)O)cncc21. The first-order chi connectivity index (χ1) is 6.20. The van der Waals surface area contributed by atoms with Gasteiger partial charge >= 0.3 is 5.97 Å². The van der Waals surface area contributed by atoms with E-state index < -0.39 is 5.97 Å². The van der Waals surface area contributed by atoms with Crippen molar-refractivity contribution in [3.8, 4) is 0 Å². The average molecular weight is 176 g/mol. The fourth-order valence-electron chi connectivity index (χ4n) is 1.35. The Kier molecular flexibility index (Phi) is 1.55. The van der Waals surface area contributed by atoms with Gasteiger partial charge in [-0.15, -0.1) is 0 Å². The zero-order valence-corrected chi connectivity index (χ0v) is 7.06. The third kappa shape index (κ3) is 1.07. The van der Waals surface area contributed by atoms with Gasteiger partial charge in [0.1, 0.15) is 0 Å². The number of hydrogen-bond donors (Lipinski definition) is 1. The third-order valence-electron chi connectivity index (χ3n) is 2.04. The molecule has 0 bridgehead atoms. The predicted molar refractivity (Wildman–Crippen MR) is 47.7 cm³/mol. The first-order valence-electron chi connectivity index (χ1n) is 3.82. The molecule has 0 spiro atoms. The minimum atomic E-state index is -0.940. The number of fused-ring (bicyclic) bond motifs is 1. The normalized spacial score (nSPS) is 10.5. The molecule has 66 valence electrons. The van der Waals surface area contributed by atoms with Gasteiger partial charge in [0.05, 0.1) is 17.3 Å². The lowest BCUT2D eigenvalue weighted by Crippen LogP contribution is -1.98. The van der Waals surface area contributed by atoms with E-state index >= 15 is 0 Å². The molecule has 0 saturated carbocycles. The van der Waals surface area contributed by atoms with Crippen molar-refractivity contribution >= 4 is 16.9 Å². The maximum atomic E-state index is 10.8. The molecule has 0 unspecified atom stereocenters. The van der Waals surface area contributed by atoms with E-state index in [4.69, 9.17) is 5.11 Å². The summed E-state index contributed by atoms with van der Waals surface area (Å²) < 4.78 is 1.84. The quantitative estimate of drug-likeness (QED) is 0.711. The van der Waals surface area contributed by atoms with Crippen molar-refractivity contribution in [2.75, 3.05) is 0 Å². The van der Waals surface area contributed by atoms with E-state index in [1.54, 1.807) is 12.3 Å². The number of rotatable bonds is 1. The van der Waals surface area contributed by atoms with Gasteiger partial charge in [0.2, 0.25) is 0 Å². The smallest absolute Gasteiger partial charge is 0.337 e. The fraction of sp³-hybridized carbons (Fsp3) is 0.111. The van der Waals surface area contributed by atoms with Crippen LogP contribution in [0.2, 0.25) is 0 Å². The van der Waals surface area contributed by atoms with E-state index in [0.717, 1.165) is 10.9 Å². The number of nitrogens with zero attached hydrogens (tertiary/aromatic N) is 2. The third-order valence-corrected chi connectivity index (χ3v) is 2.04. The van der Waals surface area contributed by atoms with Gasteiger partial charge in [-0.3, -0.25) is 4.98 Å². The fourth-order valence-corrected chi connectivity index (χ4v) is 1.35. The summed E-state index contributed by atoms with van der Waals surface area (Å²) in [6, 6.07) is 1.78. The highest BCUT2D eigenvalue weighted by molar-refractivity contribution is 6.02. The molecular formula is C9H8N2O2. The standard InChI is InChI=1S/C9H8N2O2/c1-11-3-2-6-7(9(12)13)4-10-5-8(6)11/h2-5H,1H3,(H,12,13). The predicted octanol–water partition coefficient (Wildman–Crippen LogP) is 1.27. The van der Waals surface area contributed by atoms with Crippen molar-refractivity contribution in [3.63, 3.8) is 0 Å². The molecule has 13 heavy (non-hydrogen) atoms. The molecule has 4 heteroatoms. The summed E-state index contributed by atoms with van der Waals surface area (Å²) >= 11 is 0. The molecule has 1 N–H and O–H groups in total. The van der Waals surface area contributed by atoms with Crippen LogP contribution >= 0.6 is 0 Å². The summed E-state index contributed by atoms with van der Waals surface area (Å²) in [5.41, 5.74) is 1.08. The van der Waals surface area contributed by atoms with Gasteiger partial charge in [0.25, 0.3) is 0 Å². The van der Waals surface area contributed by atoms with Crippen molar-refractivity contribution in [2.45, 2.75) is 0 Å². The molecule has 0 atom stereocenters. The van der Waals surface area contributed by atoms with Crippen LogP contribution in [0.3, 0.4) is 0 Å². The molecule has 2 aromatic heterocycles. The molecule has 0 aromatic carbocycles.